The van der Waals surface area contributed by atoms with Gasteiger partial charge in [0.2, 0.25) is 12.3 Å². The first-order chi connectivity index (χ1) is 10.5. The molecule has 2 fully saturated rings. The monoisotopic (exact) mass is 312 g/mol. The average Bonchev–Trinajstić information content (AvgIpc) is 3.16. The van der Waals surface area contributed by atoms with Crippen molar-refractivity contribution in [3.8, 4) is 0 Å². The first kappa shape index (κ1) is 16.7. The van der Waals surface area contributed by atoms with Crippen LogP contribution < -0.4 is 0 Å². The Balaban J connectivity index is 2.06. The van der Waals surface area contributed by atoms with Crippen LogP contribution in [0.15, 0.2) is 0 Å². The molecule has 124 valence electrons. The van der Waals surface area contributed by atoms with E-state index in [1.165, 1.54) is 4.90 Å². The molecule has 0 radical (unpaired) electrons. The lowest BCUT2D eigenvalue weighted by molar-refractivity contribution is -0.160. The Bertz CT molecular complexity index is 422. The third-order valence-electron chi connectivity index (χ3n) is 4.79. The van der Waals surface area contributed by atoms with Gasteiger partial charge in [-0.05, 0) is 25.2 Å². The maximum absolute atomic E-state index is 12.7. The Kier molecular flexibility index (Phi) is 5.76. The summed E-state index contributed by atoms with van der Waals surface area (Å²) in [5.74, 6) is -1.35. The first-order valence-electron chi connectivity index (χ1n) is 7.97. The van der Waals surface area contributed by atoms with E-state index in [-0.39, 0.29) is 18.9 Å². The lowest BCUT2D eigenvalue weighted by Gasteiger charge is -2.29. The molecule has 7 nitrogen and oxygen atoms in total. The van der Waals surface area contributed by atoms with E-state index >= 15 is 0 Å². The fourth-order valence-corrected chi connectivity index (χ4v) is 3.69. The van der Waals surface area contributed by atoms with Crippen molar-refractivity contribution < 1.29 is 24.7 Å². The predicted octanol–water partition coefficient (Wildman–Crippen LogP) is 1.11. The zero-order valence-electron chi connectivity index (χ0n) is 12.7. The minimum absolute atomic E-state index is 0.0678. The number of carbonyl (C=O) groups is 3. The summed E-state index contributed by atoms with van der Waals surface area (Å²) in [6.07, 6.45) is 6.42. The molecule has 2 amide bonds. The van der Waals surface area contributed by atoms with Gasteiger partial charge in [0, 0.05) is 6.54 Å². The van der Waals surface area contributed by atoms with Gasteiger partial charge in [0.1, 0.15) is 6.04 Å². The number of carbonyl (C=O) groups excluding carboxylic acids is 2. The van der Waals surface area contributed by atoms with Crippen molar-refractivity contribution in [3.05, 3.63) is 0 Å². The number of likely N-dealkylation sites (tertiary alicyclic amines) is 1. The first-order valence-corrected chi connectivity index (χ1v) is 7.97. The minimum atomic E-state index is -0.985. The van der Waals surface area contributed by atoms with E-state index in [0.717, 1.165) is 25.7 Å². The molecule has 22 heavy (non-hydrogen) atoms. The van der Waals surface area contributed by atoms with Crippen molar-refractivity contribution >= 4 is 18.3 Å². The van der Waals surface area contributed by atoms with Crippen LogP contribution in [-0.4, -0.2) is 57.7 Å². The summed E-state index contributed by atoms with van der Waals surface area (Å²) in [6.45, 7) is 0.366. The van der Waals surface area contributed by atoms with Gasteiger partial charge < -0.3 is 10.0 Å². The van der Waals surface area contributed by atoms with E-state index in [2.05, 4.69) is 0 Å². The third-order valence-corrected chi connectivity index (χ3v) is 4.79. The molecule has 1 heterocycles. The number of nitrogens with zero attached hydrogens (tertiary/aromatic N) is 2. The molecule has 7 heteroatoms. The highest BCUT2D eigenvalue weighted by Gasteiger charge is 2.38. The van der Waals surface area contributed by atoms with Crippen LogP contribution >= 0.6 is 0 Å². The van der Waals surface area contributed by atoms with Crippen LogP contribution in [-0.2, 0) is 14.4 Å². The van der Waals surface area contributed by atoms with E-state index in [1.807, 2.05) is 0 Å². The molecule has 2 aliphatic rings. The molecule has 0 spiro atoms. The van der Waals surface area contributed by atoms with Crippen LogP contribution in [0.4, 0.5) is 0 Å². The summed E-state index contributed by atoms with van der Waals surface area (Å²) in [5, 5.41) is 19.2. The second-order valence-electron chi connectivity index (χ2n) is 6.34. The Morgan fingerprint density at radius 1 is 1.23 bits per heavy atom. The molecule has 1 saturated carbocycles. The topological polar surface area (TPSA) is 98.2 Å². The SMILES string of the molecule is O=CN(O)CC(CC1CCCC1)C(=O)N1CCCC1C(=O)O. The maximum atomic E-state index is 12.7. The highest BCUT2D eigenvalue weighted by Crippen LogP contribution is 2.32. The minimum Gasteiger partial charge on any atom is -0.480 e. The van der Waals surface area contributed by atoms with Crippen LogP contribution in [0.3, 0.4) is 0 Å². The summed E-state index contributed by atoms with van der Waals surface area (Å²) in [6, 6.07) is -0.776. The van der Waals surface area contributed by atoms with Crippen molar-refractivity contribution in [2.45, 2.75) is 51.0 Å². The smallest absolute Gasteiger partial charge is 0.326 e. The summed E-state index contributed by atoms with van der Waals surface area (Å²) >= 11 is 0. The summed E-state index contributed by atoms with van der Waals surface area (Å²) in [4.78, 5) is 36.0. The molecule has 0 bridgehead atoms. The lowest BCUT2D eigenvalue weighted by Crippen LogP contribution is -2.46. The highest BCUT2D eigenvalue weighted by atomic mass is 16.5. The number of carboxylic acids is 1. The summed E-state index contributed by atoms with van der Waals surface area (Å²) in [7, 11) is 0. The number of amides is 2. The highest BCUT2D eigenvalue weighted by molar-refractivity contribution is 5.86. The fraction of sp³-hybridized carbons (Fsp3) is 0.800. The maximum Gasteiger partial charge on any atom is 0.326 e. The van der Waals surface area contributed by atoms with Crippen LogP contribution in [0, 0.1) is 11.8 Å². The second-order valence-corrected chi connectivity index (χ2v) is 6.34. The van der Waals surface area contributed by atoms with Crippen LogP contribution in [0.1, 0.15) is 44.9 Å². The molecule has 1 aliphatic heterocycles. The van der Waals surface area contributed by atoms with Crippen LogP contribution in [0.2, 0.25) is 0 Å². The number of hydroxylamine groups is 2. The van der Waals surface area contributed by atoms with Crippen molar-refractivity contribution in [2.75, 3.05) is 13.1 Å². The van der Waals surface area contributed by atoms with Gasteiger partial charge in [-0.15, -0.1) is 0 Å². The summed E-state index contributed by atoms with van der Waals surface area (Å²) in [5.41, 5.74) is 0. The largest absolute Gasteiger partial charge is 0.480 e. The number of rotatable bonds is 7. The van der Waals surface area contributed by atoms with Crippen molar-refractivity contribution in [1.82, 2.24) is 9.96 Å². The average molecular weight is 312 g/mol. The zero-order valence-corrected chi connectivity index (χ0v) is 12.7. The molecule has 0 aromatic rings. The number of hydrogen-bond acceptors (Lipinski definition) is 4. The van der Waals surface area contributed by atoms with E-state index in [4.69, 9.17) is 0 Å². The van der Waals surface area contributed by atoms with Crippen molar-refractivity contribution in [2.24, 2.45) is 11.8 Å². The molecular weight excluding hydrogens is 288 g/mol. The van der Waals surface area contributed by atoms with Gasteiger partial charge >= 0.3 is 5.97 Å². The van der Waals surface area contributed by atoms with Gasteiger partial charge in [0.25, 0.3) is 0 Å². The zero-order chi connectivity index (χ0) is 16.1. The lowest BCUT2D eigenvalue weighted by atomic mass is 9.91. The predicted molar refractivity (Wildman–Crippen MR) is 77.0 cm³/mol. The summed E-state index contributed by atoms with van der Waals surface area (Å²) < 4.78 is 0. The molecule has 1 aliphatic carbocycles. The molecule has 1 saturated heterocycles. The normalized spacial score (nSPS) is 23.5. The third kappa shape index (κ3) is 3.97. The molecule has 0 aromatic heterocycles. The van der Waals surface area contributed by atoms with Gasteiger partial charge in [0.15, 0.2) is 0 Å². The van der Waals surface area contributed by atoms with Crippen LogP contribution in [0.25, 0.3) is 0 Å². The van der Waals surface area contributed by atoms with Crippen molar-refractivity contribution in [1.29, 1.82) is 0 Å². The standard InChI is InChI=1S/C15H24N2O5/c18-10-16(22)9-12(8-11-4-1-2-5-11)14(19)17-7-3-6-13(17)15(20)21/h10-13,22H,1-9H2,(H,20,21). The number of hydrogen-bond donors (Lipinski definition) is 2. The van der Waals surface area contributed by atoms with Gasteiger partial charge in [-0.1, -0.05) is 25.7 Å². The van der Waals surface area contributed by atoms with Gasteiger partial charge in [0.05, 0.1) is 12.5 Å². The quantitative estimate of drug-likeness (QED) is 0.417. The fourth-order valence-electron chi connectivity index (χ4n) is 3.69. The molecule has 2 rings (SSSR count). The van der Waals surface area contributed by atoms with E-state index < -0.39 is 17.9 Å². The molecular formula is C15H24N2O5. The number of carboxylic acid groups (broad SMARTS) is 1. The molecule has 2 unspecified atom stereocenters. The Labute approximate surface area is 129 Å². The Morgan fingerprint density at radius 3 is 2.50 bits per heavy atom. The van der Waals surface area contributed by atoms with Gasteiger partial charge in [-0.25, -0.2) is 9.86 Å². The molecule has 0 aromatic carbocycles. The Morgan fingerprint density at radius 2 is 1.91 bits per heavy atom. The van der Waals surface area contributed by atoms with Crippen molar-refractivity contribution in [3.63, 3.8) is 0 Å². The van der Waals surface area contributed by atoms with E-state index in [9.17, 15) is 24.7 Å². The van der Waals surface area contributed by atoms with Crippen LogP contribution in [0.5, 0.6) is 0 Å². The second kappa shape index (κ2) is 7.58. The van der Waals surface area contributed by atoms with E-state index in [0.29, 0.717) is 36.8 Å². The van der Waals surface area contributed by atoms with E-state index in [1.54, 1.807) is 0 Å². The van der Waals surface area contributed by atoms with Gasteiger partial charge in [-0.2, -0.15) is 0 Å². The van der Waals surface area contributed by atoms with Gasteiger partial charge in [-0.3, -0.25) is 14.8 Å². The molecule has 2 atom stereocenters. The molecule has 2 N–H and O–H groups in total. The number of aliphatic carboxylic acids is 1. The Hall–Kier alpha value is -1.63.